The van der Waals surface area contributed by atoms with Crippen molar-refractivity contribution < 1.29 is 53.7 Å². The van der Waals surface area contributed by atoms with Gasteiger partial charge in [-0.25, -0.2) is 60.6 Å². The van der Waals surface area contributed by atoms with Crippen LogP contribution in [0.1, 0.15) is 16.7 Å². The topological polar surface area (TPSA) is 225 Å². The number of hydrogen-bond donors (Lipinski definition) is 6. The molecule has 0 aliphatic carbocycles. The molecule has 0 spiro atoms. The molecular formula is C30H24F9N9O6. The molecule has 24 heteroatoms. The third-order valence-corrected chi connectivity index (χ3v) is 8.73. The maximum absolute atomic E-state index is 13.4. The average molecular weight is 778 g/mol. The SMILES string of the molecule is O=c1n(COc2ccc(C3(C(F)(F)F)NN3)cc2)c(=O)n(COc2ccc(C3(C(F)(F)F)NN3)cc2)c(=O)n1COc1ccc(C2(C(F)(F)F)NN2)cc1. The van der Waals surface area contributed by atoms with Crippen molar-refractivity contribution in [3.63, 3.8) is 0 Å². The fourth-order valence-corrected chi connectivity index (χ4v) is 5.37. The smallest absolute Gasteiger partial charge is 0.426 e. The number of nitrogens with zero attached hydrogens (tertiary/aromatic N) is 3. The van der Waals surface area contributed by atoms with Gasteiger partial charge >= 0.3 is 35.6 Å². The van der Waals surface area contributed by atoms with Crippen LogP contribution in [0.2, 0.25) is 0 Å². The fraction of sp³-hybridized carbons (Fsp3) is 0.300. The Balaban J connectivity index is 1.13. The van der Waals surface area contributed by atoms with E-state index in [-0.39, 0.29) is 33.9 Å². The zero-order chi connectivity index (χ0) is 38.9. The van der Waals surface area contributed by atoms with E-state index in [1.165, 1.54) is 0 Å². The van der Waals surface area contributed by atoms with Gasteiger partial charge in [0.2, 0.25) is 17.0 Å². The molecule has 0 amide bonds. The van der Waals surface area contributed by atoms with Crippen molar-refractivity contribution in [3.8, 4) is 17.2 Å². The minimum atomic E-state index is -4.69. The molecule has 15 nitrogen and oxygen atoms in total. The molecule has 4 aromatic rings. The zero-order valence-corrected chi connectivity index (χ0v) is 26.7. The van der Waals surface area contributed by atoms with Crippen molar-refractivity contribution in [1.82, 2.24) is 46.3 Å². The highest BCUT2D eigenvalue weighted by molar-refractivity contribution is 5.37. The van der Waals surface area contributed by atoms with Crippen molar-refractivity contribution in [3.05, 3.63) is 121 Å². The van der Waals surface area contributed by atoms with Crippen molar-refractivity contribution in [2.75, 3.05) is 0 Å². The highest BCUT2D eigenvalue weighted by Gasteiger charge is 2.66. The summed E-state index contributed by atoms with van der Waals surface area (Å²) in [6, 6.07) is 13.3. The number of benzene rings is 3. The summed E-state index contributed by atoms with van der Waals surface area (Å²) in [4.78, 5) is 40.3. The number of alkyl halides is 9. The Hall–Kier alpha value is -5.40. The van der Waals surface area contributed by atoms with Gasteiger partial charge in [0.15, 0.2) is 20.2 Å². The molecule has 54 heavy (non-hydrogen) atoms. The normalized spacial score (nSPS) is 18.2. The van der Waals surface area contributed by atoms with Crippen molar-refractivity contribution in [2.45, 2.75) is 55.7 Å². The number of ether oxygens (including phenoxy) is 3. The largest absolute Gasteiger partial charge is 0.472 e. The molecule has 3 saturated heterocycles. The number of aromatic nitrogens is 3. The number of hydrogen-bond acceptors (Lipinski definition) is 12. The van der Waals surface area contributed by atoms with E-state index < -0.39 is 72.8 Å². The highest BCUT2D eigenvalue weighted by Crippen LogP contribution is 2.44. The van der Waals surface area contributed by atoms with Crippen LogP contribution >= 0.6 is 0 Å². The van der Waals surface area contributed by atoms with E-state index in [2.05, 4.69) is 0 Å². The van der Waals surface area contributed by atoms with Crippen LogP contribution in [0.4, 0.5) is 39.5 Å². The highest BCUT2D eigenvalue weighted by atomic mass is 19.4. The summed E-state index contributed by atoms with van der Waals surface area (Å²) < 4.78 is 139. The van der Waals surface area contributed by atoms with Gasteiger partial charge in [0.25, 0.3) is 0 Å². The lowest BCUT2D eigenvalue weighted by atomic mass is 10.0. The zero-order valence-electron chi connectivity index (χ0n) is 26.7. The Kier molecular flexibility index (Phi) is 8.61. The van der Waals surface area contributed by atoms with Gasteiger partial charge in [-0.3, -0.25) is 0 Å². The van der Waals surface area contributed by atoms with Crippen LogP contribution in [0.3, 0.4) is 0 Å². The van der Waals surface area contributed by atoms with Gasteiger partial charge in [-0.1, -0.05) is 36.4 Å². The van der Waals surface area contributed by atoms with E-state index in [0.29, 0.717) is 13.7 Å². The predicted molar refractivity (Wildman–Crippen MR) is 162 cm³/mol. The summed E-state index contributed by atoms with van der Waals surface area (Å²) in [6.07, 6.45) is -14.1. The van der Waals surface area contributed by atoms with Gasteiger partial charge in [0.1, 0.15) is 17.2 Å². The first-order valence-electron chi connectivity index (χ1n) is 15.3. The second-order valence-corrected chi connectivity index (χ2v) is 12.0. The van der Waals surface area contributed by atoms with Crippen molar-refractivity contribution >= 4 is 0 Å². The summed E-state index contributed by atoms with van der Waals surface area (Å²) in [5, 5.41) is 0. The first-order chi connectivity index (χ1) is 25.3. The van der Waals surface area contributed by atoms with Crippen LogP contribution in [0.5, 0.6) is 17.2 Å². The number of hydrazine groups is 3. The molecule has 3 aliphatic heterocycles. The van der Waals surface area contributed by atoms with Crippen LogP contribution in [0.25, 0.3) is 0 Å². The van der Waals surface area contributed by atoms with Crippen LogP contribution in [-0.2, 0) is 37.2 Å². The molecule has 0 radical (unpaired) electrons. The molecule has 4 heterocycles. The lowest BCUT2D eigenvalue weighted by molar-refractivity contribution is -0.166. The Morgan fingerprint density at radius 2 is 0.611 bits per heavy atom. The van der Waals surface area contributed by atoms with E-state index in [1.54, 1.807) is 0 Å². The van der Waals surface area contributed by atoms with E-state index in [0.717, 1.165) is 72.8 Å². The van der Waals surface area contributed by atoms with Gasteiger partial charge < -0.3 is 14.2 Å². The van der Waals surface area contributed by atoms with Crippen LogP contribution in [0, 0.1) is 0 Å². The predicted octanol–water partition coefficient (Wildman–Crippen LogP) is 1.75. The number of rotatable bonds is 12. The Labute approximate surface area is 294 Å². The Bertz CT molecular complexity index is 1940. The van der Waals surface area contributed by atoms with E-state index in [9.17, 15) is 53.9 Å². The maximum Gasteiger partial charge on any atom is 0.426 e. The molecule has 0 bridgehead atoms. The quantitative estimate of drug-likeness (QED) is 0.0894. The van der Waals surface area contributed by atoms with Crippen molar-refractivity contribution in [1.29, 1.82) is 0 Å². The monoisotopic (exact) mass is 777 g/mol. The van der Waals surface area contributed by atoms with Crippen LogP contribution in [0.15, 0.2) is 87.2 Å². The lowest BCUT2D eigenvalue weighted by Gasteiger charge is -2.18. The molecule has 7 rings (SSSR count). The lowest BCUT2D eigenvalue weighted by Crippen LogP contribution is -2.56. The molecule has 0 unspecified atom stereocenters. The van der Waals surface area contributed by atoms with Gasteiger partial charge in [0.05, 0.1) is 0 Å². The van der Waals surface area contributed by atoms with Crippen LogP contribution in [-0.4, -0.2) is 32.2 Å². The fourth-order valence-electron chi connectivity index (χ4n) is 5.37. The minimum Gasteiger partial charge on any atom is -0.472 e. The summed E-state index contributed by atoms with van der Waals surface area (Å²) >= 11 is 0. The summed E-state index contributed by atoms with van der Waals surface area (Å²) in [7, 11) is 0. The average Bonchev–Trinajstić information content (AvgIpc) is 3.96. The molecule has 6 N–H and O–H groups in total. The first kappa shape index (κ1) is 36.9. The summed E-state index contributed by atoms with van der Waals surface area (Å²) in [5.41, 5.74) is 0.281. The molecule has 3 fully saturated rings. The molecule has 288 valence electrons. The van der Waals surface area contributed by atoms with Gasteiger partial charge in [-0.15, -0.1) is 0 Å². The summed E-state index contributed by atoms with van der Waals surface area (Å²) in [5.74, 6) is -0.271. The molecule has 0 saturated carbocycles. The van der Waals surface area contributed by atoms with E-state index >= 15 is 0 Å². The Morgan fingerprint density at radius 1 is 0.407 bits per heavy atom. The number of halogens is 9. The summed E-state index contributed by atoms with van der Waals surface area (Å²) in [6.45, 7) is -2.66. The minimum absolute atomic E-state index is 0.0902. The second-order valence-electron chi connectivity index (χ2n) is 12.0. The van der Waals surface area contributed by atoms with E-state index in [4.69, 9.17) is 14.2 Å². The van der Waals surface area contributed by atoms with Gasteiger partial charge in [-0.05, 0) is 53.1 Å². The first-order valence-corrected chi connectivity index (χ1v) is 15.3. The second kappa shape index (κ2) is 12.6. The third-order valence-electron chi connectivity index (χ3n) is 8.73. The van der Waals surface area contributed by atoms with Gasteiger partial charge in [0, 0.05) is 0 Å². The van der Waals surface area contributed by atoms with Crippen LogP contribution < -0.4 is 63.8 Å². The molecular weight excluding hydrogens is 753 g/mol. The molecule has 0 atom stereocenters. The standard InChI is InChI=1S/C30H24F9N9O6/c31-28(32,33)25(40-41-25)16-1-7-19(8-2-16)52-13-46-22(49)47(14-53-20-9-3-17(4-10-20)26(42-43-26)29(34,35)36)24(51)48(23(46)50)15-54-21-11-5-18(6-12-21)27(44-45-27)30(37,38)39/h1-12,40-45H,13-15H2. The van der Waals surface area contributed by atoms with Gasteiger partial charge in [-0.2, -0.15) is 39.5 Å². The Morgan fingerprint density at radius 3 is 0.778 bits per heavy atom. The van der Waals surface area contributed by atoms with E-state index in [1.807, 2.05) is 32.6 Å². The van der Waals surface area contributed by atoms with Crippen molar-refractivity contribution in [2.24, 2.45) is 0 Å². The molecule has 1 aromatic heterocycles. The number of nitrogens with one attached hydrogen (secondary N) is 6. The molecule has 3 aromatic carbocycles. The molecule has 3 aliphatic rings. The third kappa shape index (κ3) is 6.34. The maximum atomic E-state index is 13.4.